The van der Waals surface area contributed by atoms with Crippen LogP contribution >= 0.6 is 0 Å². The third-order valence-corrected chi connectivity index (χ3v) is 3.60. The van der Waals surface area contributed by atoms with E-state index in [9.17, 15) is 0 Å². The van der Waals surface area contributed by atoms with Crippen LogP contribution in [-0.2, 0) is 6.42 Å². The average molecular weight is 261 g/mol. The molecule has 0 spiro atoms. The molecular formula is C15H23N3O. The lowest BCUT2D eigenvalue weighted by Gasteiger charge is -2.22. The van der Waals surface area contributed by atoms with Crippen LogP contribution < -0.4 is 10.5 Å². The first-order valence-corrected chi connectivity index (χ1v) is 6.77. The highest BCUT2D eigenvalue weighted by atomic mass is 16.5. The van der Waals surface area contributed by atoms with E-state index in [-0.39, 0.29) is 5.41 Å². The number of aromatic nitrogens is 2. The number of nitrogens with two attached hydrogens (primary N) is 1. The van der Waals surface area contributed by atoms with E-state index >= 15 is 0 Å². The summed E-state index contributed by atoms with van der Waals surface area (Å²) in [6, 6.07) is 5.90. The zero-order valence-electron chi connectivity index (χ0n) is 12.0. The van der Waals surface area contributed by atoms with Crippen LogP contribution in [0.25, 0.3) is 11.0 Å². The lowest BCUT2D eigenvalue weighted by molar-refractivity contribution is 0.311. The van der Waals surface area contributed by atoms with Crippen molar-refractivity contribution in [3.8, 4) is 5.75 Å². The molecule has 1 heterocycles. The van der Waals surface area contributed by atoms with Crippen LogP contribution in [0.1, 0.15) is 32.5 Å². The summed E-state index contributed by atoms with van der Waals surface area (Å²) < 4.78 is 5.22. The van der Waals surface area contributed by atoms with E-state index in [2.05, 4.69) is 23.8 Å². The van der Waals surface area contributed by atoms with Gasteiger partial charge in [-0.05, 0) is 36.9 Å². The molecule has 0 aliphatic rings. The topological polar surface area (TPSA) is 63.9 Å². The van der Waals surface area contributed by atoms with Crippen LogP contribution in [0.2, 0.25) is 0 Å². The smallest absolute Gasteiger partial charge is 0.121 e. The minimum atomic E-state index is 0.269. The Kier molecular flexibility index (Phi) is 4.10. The van der Waals surface area contributed by atoms with Crippen molar-refractivity contribution in [2.45, 2.75) is 33.1 Å². The number of ether oxygens (including phenoxy) is 1. The molecule has 1 aromatic heterocycles. The molecule has 0 aliphatic heterocycles. The molecule has 0 amide bonds. The molecule has 19 heavy (non-hydrogen) atoms. The fourth-order valence-electron chi connectivity index (χ4n) is 2.26. The Balaban J connectivity index is 2.09. The number of fused-ring (bicyclic) bond motifs is 1. The maximum Gasteiger partial charge on any atom is 0.121 e. The van der Waals surface area contributed by atoms with Gasteiger partial charge in [0, 0.05) is 12.5 Å². The number of hydrogen-bond donors (Lipinski definition) is 2. The van der Waals surface area contributed by atoms with E-state index in [1.807, 2.05) is 18.2 Å². The summed E-state index contributed by atoms with van der Waals surface area (Å²) in [5.74, 6) is 1.89. The van der Waals surface area contributed by atoms with Gasteiger partial charge in [0.15, 0.2) is 0 Å². The third-order valence-electron chi connectivity index (χ3n) is 3.60. The van der Waals surface area contributed by atoms with Crippen LogP contribution in [-0.4, -0.2) is 23.6 Å². The predicted molar refractivity (Wildman–Crippen MR) is 78.4 cm³/mol. The molecule has 4 heteroatoms. The number of methoxy groups -OCH3 is 1. The van der Waals surface area contributed by atoms with Crippen LogP contribution in [0.4, 0.5) is 0 Å². The van der Waals surface area contributed by atoms with Crippen LogP contribution in [0.3, 0.4) is 0 Å². The van der Waals surface area contributed by atoms with Gasteiger partial charge in [0.05, 0.1) is 18.1 Å². The molecule has 0 fully saturated rings. The second-order valence-electron chi connectivity index (χ2n) is 5.77. The summed E-state index contributed by atoms with van der Waals surface area (Å²) in [7, 11) is 1.67. The Bertz CT molecular complexity index is 545. The fraction of sp³-hybridized carbons (Fsp3) is 0.533. The molecular weight excluding hydrogens is 238 g/mol. The standard InChI is InChI=1S/C15H23N3O/c1-15(2,8-9-16)7-6-14-17-12-5-4-11(19-3)10-13(12)18-14/h4-5,10H,6-9,16H2,1-3H3,(H,17,18). The van der Waals surface area contributed by atoms with Gasteiger partial charge in [0.1, 0.15) is 11.6 Å². The minimum absolute atomic E-state index is 0.269. The molecule has 0 saturated carbocycles. The number of aryl methyl sites for hydroxylation is 1. The average Bonchev–Trinajstić information content (AvgIpc) is 2.78. The van der Waals surface area contributed by atoms with Crippen LogP contribution in [0.15, 0.2) is 18.2 Å². The zero-order valence-corrected chi connectivity index (χ0v) is 12.0. The quantitative estimate of drug-likeness (QED) is 0.840. The van der Waals surface area contributed by atoms with Crippen molar-refractivity contribution >= 4 is 11.0 Å². The van der Waals surface area contributed by atoms with Crippen LogP contribution in [0, 0.1) is 5.41 Å². The van der Waals surface area contributed by atoms with E-state index in [1.165, 1.54) is 0 Å². The molecule has 0 unspecified atom stereocenters. The predicted octanol–water partition coefficient (Wildman–Crippen LogP) is 2.88. The largest absolute Gasteiger partial charge is 0.497 e. The number of rotatable bonds is 6. The Labute approximate surface area is 114 Å². The molecule has 0 bridgehead atoms. The molecule has 104 valence electrons. The first-order chi connectivity index (χ1) is 9.04. The number of benzene rings is 1. The third kappa shape index (κ3) is 3.47. The van der Waals surface area contributed by atoms with E-state index in [0.29, 0.717) is 0 Å². The van der Waals surface area contributed by atoms with Gasteiger partial charge in [-0.25, -0.2) is 4.98 Å². The second kappa shape index (κ2) is 5.61. The highest BCUT2D eigenvalue weighted by Crippen LogP contribution is 2.26. The maximum atomic E-state index is 5.64. The van der Waals surface area contributed by atoms with Crippen molar-refractivity contribution in [3.63, 3.8) is 0 Å². The van der Waals surface area contributed by atoms with Crippen molar-refractivity contribution in [2.75, 3.05) is 13.7 Å². The molecule has 2 aromatic rings. The zero-order chi connectivity index (χ0) is 13.9. The van der Waals surface area contributed by atoms with Gasteiger partial charge < -0.3 is 15.5 Å². The summed E-state index contributed by atoms with van der Waals surface area (Å²) >= 11 is 0. The van der Waals surface area contributed by atoms with Crippen molar-refractivity contribution < 1.29 is 4.74 Å². The van der Waals surface area contributed by atoms with Gasteiger partial charge in [-0.2, -0.15) is 0 Å². The Hall–Kier alpha value is -1.55. The summed E-state index contributed by atoms with van der Waals surface area (Å²) in [4.78, 5) is 7.97. The number of H-pyrrole nitrogens is 1. The number of nitrogens with one attached hydrogen (secondary N) is 1. The van der Waals surface area contributed by atoms with Crippen molar-refractivity contribution in [1.82, 2.24) is 9.97 Å². The lowest BCUT2D eigenvalue weighted by atomic mass is 9.84. The summed E-state index contributed by atoms with van der Waals surface area (Å²) in [6.45, 7) is 5.25. The fourth-order valence-corrected chi connectivity index (χ4v) is 2.26. The first-order valence-electron chi connectivity index (χ1n) is 6.77. The number of hydrogen-bond acceptors (Lipinski definition) is 3. The van der Waals surface area contributed by atoms with Crippen molar-refractivity contribution in [1.29, 1.82) is 0 Å². The van der Waals surface area contributed by atoms with Crippen LogP contribution in [0.5, 0.6) is 5.75 Å². The molecule has 0 radical (unpaired) electrons. The molecule has 0 saturated heterocycles. The minimum Gasteiger partial charge on any atom is -0.497 e. The highest BCUT2D eigenvalue weighted by molar-refractivity contribution is 5.76. The number of nitrogens with zero attached hydrogens (tertiary/aromatic N) is 1. The van der Waals surface area contributed by atoms with Crippen molar-refractivity contribution in [3.05, 3.63) is 24.0 Å². The number of aromatic amines is 1. The van der Waals surface area contributed by atoms with Crippen molar-refractivity contribution in [2.24, 2.45) is 11.1 Å². The number of imidazole rings is 1. The van der Waals surface area contributed by atoms with Gasteiger partial charge in [0.2, 0.25) is 0 Å². The lowest BCUT2D eigenvalue weighted by Crippen LogP contribution is -2.18. The Morgan fingerprint density at radius 3 is 2.79 bits per heavy atom. The van der Waals surface area contributed by atoms with E-state index in [0.717, 1.165) is 48.4 Å². The maximum absolute atomic E-state index is 5.64. The van der Waals surface area contributed by atoms with Gasteiger partial charge >= 0.3 is 0 Å². The molecule has 0 aliphatic carbocycles. The summed E-state index contributed by atoms with van der Waals surface area (Å²) in [5.41, 5.74) is 7.94. The van der Waals surface area contributed by atoms with Gasteiger partial charge in [-0.3, -0.25) is 0 Å². The van der Waals surface area contributed by atoms with Gasteiger partial charge in [-0.1, -0.05) is 13.8 Å². The molecule has 0 atom stereocenters. The molecule has 4 nitrogen and oxygen atoms in total. The SMILES string of the molecule is COc1ccc2nc(CCC(C)(C)CCN)[nH]c2c1. The summed E-state index contributed by atoms with van der Waals surface area (Å²) in [6.07, 6.45) is 3.08. The Morgan fingerprint density at radius 1 is 1.32 bits per heavy atom. The second-order valence-corrected chi connectivity index (χ2v) is 5.77. The van der Waals surface area contributed by atoms with Gasteiger partial charge in [0.25, 0.3) is 0 Å². The monoisotopic (exact) mass is 261 g/mol. The highest BCUT2D eigenvalue weighted by Gasteiger charge is 2.17. The van der Waals surface area contributed by atoms with E-state index in [1.54, 1.807) is 7.11 Å². The van der Waals surface area contributed by atoms with E-state index < -0.39 is 0 Å². The molecule has 2 rings (SSSR count). The Morgan fingerprint density at radius 2 is 2.11 bits per heavy atom. The molecule has 3 N–H and O–H groups in total. The van der Waals surface area contributed by atoms with E-state index in [4.69, 9.17) is 10.5 Å². The van der Waals surface area contributed by atoms with Gasteiger partial charge in [-0.15, -0.1) is 0 Å². The normalized spacial score (nSPS) is 12.0. The first kappa shape index (κ1) is 13.9. The summed E-state index contributed by atoms with van der Waals surface area (Å²) in [5, 5.41) is 0. The molecule has 1 aromatic carbocycles.